The minimum atomic E-state index is -4.37. The SMILES string of the molecule is CC/C=C\C/C=C\C/C=C\C/C=C\C/C=C\C/C=C\CCCCCCCCCCCCCCCCCCCCC(=O)NC(COP(=O)(O)OCC[N+](C)(C)C)C(O)/C=C/CC/C=C/CC/C=C/CCCCCCCCCCCCCCCCC. The topological polar surface area (TPSA) is 105 Å². The van der Waals surface area contributed by atoms with Crippen LogP contribution in [0.15, 0.2) is 109 Å². The number of unbranched alkanes of at least 4 members (excludes halogenated alkanes) is 35. The molecule has 0 aromatic heterocycles. The Kier molecular flexibility index (Phi) is 62.4. The van der Waals surface area contributed by atoms with Crippen LogP contribution in [0.4, 0.5) is 0 Å². The Balaban J connectivity index is 4.09. The molecule has 486 valence electrons. The van der Waals surface area contributed by atoms with Gasteiger partial charge in [-0.15, -0.1) is 0 Å². The van der Waals surface area contributed by atoms with Crippen molar-refractivity contribution in [3.8, 4) is 0 Å². The Hall–Kier alpha value is -2.84. The van der Waals surface area contributed by atoms with Crippen molar-refractivity contribution in [3.05, 3.63) is 109 Å². The fraction of sp³-hybridized carbons (Fsp3) is 0.747. The zero-order valence-electron chi connectivity index (χ0n) is 55.6. The quantitative estimate of drug-likeness (QED) is 0.0243. The fourth-order valence-corrected chi connectivity index (χ4v) is 10.8. The molecule has 3 atom stereocenters. The van der Waals surface area contributed by atoms with Crippen molar-refractivity contribution < 1.29 is 32.9 Å². The number of hydrogen-bond acceptors (Lipinski definition) is 5. The minimum absolute atomic E-state index is 0.0508. The third kappa shape index (κ3) is 66.7. The molecule has 0 heterocycles. The standard InChI is InChI=1S/C75H135N2O6P/c1-6-8-10-12-14-16-18-20-22-24-26-28-30-32-33-34-35-36-37-38-39-40-41-42-43-45-47-49-51-53-55-57-59-61-63-65-67-69-75(79)76-73(72-83-84(80,81)82-71-70-77(3,4)5)74(78)68-66-64-62-60-58-56-54-52-50-48-46-44-31-29-27-25-23-21-19-17-15-13-11-9-7-2/h8,10,14,16,20,22,26,28,32-33,35-36,50,52,58,60,66,68,73-74,78H,6-7,9,11-13,15,17-19,21,23-25,27,29-31,34,37-49,51,53-57,59,61-65,67,69-72H2,1-5H3,(H-,76,79,80,81)/p+1/b10-8-,16-14-,22-20-,28-26-,33-32-,36-35-,52-50+,60-58+,68-66+. The van der Waals surface area contributed by atoms with Gasteiger partial charge in [0.05, 0.1) is 39.9 Å². The molecule has 3 N–H and O–H groups in total. The molecule has 0 aromatic carbocycles. The van der Waals surface area contributed by atoms with Crippen LogP contribution in [-0.2, 0) is 18.4 Å². The van der Waals surface area contributed by atoms with E-state index in [-0.39, 0.29) is 19.1 Å². The molecule has 0 bridgehead atoms. The molecule has 3 unspecified atom stereocenters. The molecular weight excluding hydrogens is 1060 g/mol. The normalized spacial score (nSPS) is 14.3. The number of rotatable bonds is 64. The second-order valence-corrected chi connectivity index (χ2v) is 26.3. The predicted octanol–water partition coefficient (Wildman–Crippen LogP) is 22.7. The number of carbonyl (C=O) groups is 1. The molecule has 0 rings (SSSR count). The first-order chi connectivity index (χ1) is 41.0. The van der Waals surface area contributed by atoms with Crippen LogP contribution in [0.1, 0.15) is 309 Å². The van der Waals surface area contributed by atoms with Crippen LogP contribution in [0.3, 0.4) is 0 Å². The van der Waals surface area contributed by atoms with Crippen molar-refractivity contribution in [2.45, 2.75) is 321 Å². The van der Waals surface area contributed by atoms with Crippen LogP contribution in [-0.4, -0.2) is 73.4 Å². The molecule has 0 spiro atoms. The highest BCUT2D eigenvalue weighted by Crippen LogP contribution is 2.43. The summed E-state index contributed by atoms with van der Waals surface area (Å²) in [6.07, 6.45) is 95.3. The van der Waals surface area contributed by atoms with Gasteiger partial charge in [0.2, 0.25) is 5.91 Å². The van der Waals surface area contributed by atoms with Crippen LogP contribution in [0.2, 0.25) is 0 Å². The third-order valence-electron chi connectivity index (χ3n) is 15.5. The number of aliphatic hydroxyl groups excluding tert-OH is 1. The summed E-state index contributed by atoms with van der Waals surface area (Å²) in [4.78, 5) is 23.4. The number of phosphoric acid groups is 1. The van der Waals surface area contributed by atoms with Crippen molar-refractivity contribution in [1.82, 2.24) is 5.32 Å². The van der Waals surface area contributed by atoms with Crippen LogP contribution in [0.25, 0.3) is 0 Å². The van der Waals surface area contributed by atoms with Gasteiger partial charge < -0.3 is 19.8 Å². The Labute approximate surface area is 521 Å². The molecule has 0 aromatic rings. The van der Waals surface area contributed by atoms with Gasteiger partial charge >= 0.3 is 7.82 Å². The second-order valence-electron chi connectivity index (χ2n) is 24.9. The molecule has 9 heteroatoms. The number of quaternary nitrogens is 1. The van der Waals surface area contributed by atoms with Gasteiger partial charge in [0.15, 0.2) is 0 Å². The van der Waals surface area contributed by atoms with E-state index in [9.17, 15) is 19.4 Å². The summed E-state index contributed by atoms with van der Waals surface area (Å²) >= 11 is 0. The van der Waals surface area contributed by atoms with E-state index in [0.29, 0.717) is 17.4 Å². The van der Waals surface area contributed by atoms with Gasteiger partial charge in [0.25, 0.3) is 0 Å². The van der Waals surface area contributed by atoms with Crippen molar-refractivity contribution in [2.24, 2.45) is 0 Å². The molecule has 8 nitrogen and oxygen atoms in total. The highest BCUT2D eigenvalue weighted by molar-refractivity contribution is 7.47. The third-order valence-corrected chi connectivity index (χ3v) is 16.4. The van der Waals surface area contributed by atoms with Gasteiger partial charge in [0.1, 0.15) is 13.2 Å². The molecule has 0 aliphatic rings. The molecule has 0 aliphatic carbocycles. The van der Waals surface area contributed by atoms with E-state index in [1.165, 1.54) is 205 Å². The highest BCUT2D eigenvalue weighted by atomic mass is 31.2. The number of nitrogens with one attached hydrogen (secondary N) is 1. The van der Waals surface area contributed by atoms with Crippen molar-refractivity contribution in [1.29, 1.82) is 0 Å². The lowest BCUT2D eigenvalue weighted by Gasteiger charge is -2.25. The number of allylic oxidation sites excluding steroid dienone is 17. The van der Waals surface area contributed by atoms with Crippen molar-refractivity contribution >= 4 is 13.7 Å². The van der Waals surface area contributed by atoms with E-state index in [2.05, 4.69) is 116 Å². The zero-order chi connectivity index (χ0) is 61.2. The summed E-state index contributed by atoms with van der Waals surface area (Å²) in [5, 5.41) is 14.0. The van der Waals surface area contributed by atoms with E-state index in [1.54, 1.807) is 6.08 Å². The van der Waals surface area contributed by atoms with E-state index in [1.807, 2.05) is 27.2 Å². The largest absolute Gasteiger partial charge is 0.472 e. The van der Waals surface area contributed by atoms with Crippen LogP contribution < -0.4 is 5.32 Å². The maximum absolute atomic E-state index is 13.1. The summed E-state index contributed by atoms with van der Waals surface area (Å²) < 4.78 is 23.8. The fourth-order valence-electron chi connectivity index (χ4n) is 10.0. The van der Waals surface area contributed by atoms with Crippen LogP contribution >= 0.6 is 7.82 Å². The van der Waals surface area contributed by atoms with E-state index < -0.39 is 20.0 Å². The van der Waals surface area contributed by atoms with Gasteiger partial charge in [-0.3, -0.25) is 13.8 Å². The second kappa shape index (κ2) is 64.6. The monoisotopic (exact) mass is 1190 g/mol. The molecule has 1 amide bonds. The Bertz CT molecular complexity index is 1740. The average Bonchev–Trinajstić information content (AvgIpc) is 3.56. The number of nitrogens with zero attached hydrogens (tertiary/aromatic N) is 1. The zero-order valence-corrected chi connectivity index (χ0v) is 56.5. The number of amides is 1. The first-order valence-corrected chi connectivity index (χ1v) is 36.8. The summed E-state index contributed by atoms with van der Waals surface area (Å²) in [5.41, 5.74) is 0. The molecule has 0 saturated heterocycles. The van der Waals surface area contributed by atoms with Gasteiger partial charge in [-0.25, -0.2) is 4.57 Å². The molecule has 0 fully saturated rings. The molecule has 84 heavy (non-hydrogen) atoms. The number of aliphatic hydroxyl groups is 1. The summed E-state index contributed by atoms with van der Waals surface area (Å²) in [6.45, 7) is 4.70. The Morgan fingerprint density at radius 2 is 0.726 bits per heavy atom. The number of phosphoric ester groups is 1. The lowest BCUT2D eigenvalue weighted by atomic mass is 10.0. The van der Waals surface area contributed by atoms with Gasteiger partial charge in [-0.2, -0.15) is 0 Å². The number of carbonyl (C=O) groups excluding carboxylic acids is 1. The molecule has 0 saturated carbocycles. The van der Waals surface area contributed by atoms with E-state index in [0.717, 1.165) is 83.5 Å². The lowest BCUT2D eigenvalue weighted by molar-refractivity contribution is -0.870. The summed E-state index contributed by atoms with van der Waals surface area (Å²) in [7, 11) is 1.55. The Morgan fingerprint density at radius 3 is 1.10 bits per heavy atom. The maximum atomic E-state index is 13.1. The predicted molar refractivity (Wildman–Crippen MR) is 369 cm³/mol. The first kappa shape index (κ1) is 81.2. The van der Waals surface area contributed by atoms with Crippen molar-refractivity contribution in [2.75, 3.05) is 40.9 Å². The first-order valence-electron chi connectivity index (χ1n) is 35.3. The molecular formula is C75H136N2O6P+. The van der Waals surface area contributed by atoms with Gasteiger partial charge in [-0.1, -0.05) is 316 Å². The van der Waals surface area contributed by atoms with Crippen molar-refractivity contribution in [3.63, 3.8) is 0 Å². The van der Waals surface area contributed by atoms with E-state index >= 15 is 0 Å². The number of hydrogen-bond donors (Lipinski definition) is 3. The summed E-state index contributed by atoms with van der Waals surface area (Å²) in [6, 6.07) is -0.876. The Morgan fingerprint density at radius 1 is 0.417 bits per heavy atom. The smallest absolute Gasteiger partial charge is 0.387 e. The summed E-state index contributed by atoms with van der Waals surface area (Å²) in [5.74, 6) is -0.190. The molecule has 0 radical (unpaired) electrons. The van der Waals surface area contributed by atoms with E-state index in [4.69, 9.17) is 9.05 Å². The van der Waals surface area contributed by atoms with Crippen LogP contribution in [0.5, 0.6) is 0 Å². The lowest BCUT2D eigenvalue weighted by Crippen LogP contribution is -2.45. The average molecular weight is 1190 g/mol. The number of likely N-dealkylation sites (N-methyl/N-ethyl adjacent to an activating group) is 1. The van der Waals surface area contributed by atoms with Gasteiger partial charge in [-0.05, 0) is 96.3 Å². The highest BCUT2D eigenvalue weighted by Gasteiger charge is 2.28. The van der Waals surface area contributed by atoms with Crippen LogP contribution in [0, 0.1) is 0 Å². The minimum Gasteiger partial charge on any atom is -0.387 e. The molecule has 0 aliphatic heterocycles. The maximum Gasteiger partial charge on any atom is 0.472 e. The van der Waals surface area contributed by atoms with Gasteiger partial charge in [0, 0.05) is 6.42 Å².